The second-order valence-electron chi connectivity index (χ2n) is 4.78. The van der Waals surface area contributed by atoms with Crippen molar-refractivity contribution < 1.29 is 18.7 Å². The van der Waals surface area contributed by atoms with Crippen molar-refractivity contribution >= 4 is 5.78 Å². The van der Waals surface area contributed by atoms with Crippen LogP contribution in [0, 0.1) is 5.82 Å². The minimum absolute atomic E-state index is 0.00445. The molecule has 5 nitrogen and oxygen atoms in total. The average molecular weight is 292 g/mol. The van der Waals surface area contributed by atoms with Crippen molar-refractivity contribution in [1.82, 2.24) is 9.78 Å². The summed E-state index contributed by atoms with van der Waals surface area (Å²) in [5.41, 5.74) is 0.648. The molecule has 0 saturated carbocycles. The normalized spacial score (nSPS) is 10.8. The number of halogens is 1. The fraction of sp³-hybridized carbons (Fsp3) is 0.333. The predicted molar refractivity (Wildman–Crippen MR) is 75.5 cm³/mol. The molecule has 0 N–H and O–H groups in total. The third kappa shape index (κ3) is 2.74. The number of methoxy groups -OCH3 is 2. The van der Waals surface area contributed by atoms with E-state index in [4.69, 9.17) is 9.47 Å². The third-order valence-electron chi connectivity index (χ3n) is 3.10. The Hall–Kier alpha value is -2.37. The van der Waals surface area contributed by atoms with Crippen LogP contribution >= 0.6 is 0 Å². The summed E-state index contributed by atoms with van der Waals surface area (Å²) in [6, 6.07) is 3.98. The van der Waals surface area contributed by atoms with E-state index in [-0.39, 0.29) is 17.6 Å². The molecule has 0 aliphatic carbocycles. The van der Waals surface area contributed by atoms with Gasteiger partial charge in [0.1, 0.15) is 0 Å². The molecule has 0 bridgehead atoms. The monoisotopic (exact) mass is 292 g/mol. The largest absolute Gasteiger partial charge is 0.494 e. The van der Waals surface area contributed by atoms with E-state index in [1.165, 1.54) is 38.6 Å². The Bertz CT molecular complexity index is 665. The van der Waals surface area contributed by atoms with Gasteiger partial charge in [0.25, 0.3) is 0 Å². The zero-order valence-corrected chi connectivity index (χ0v) is 12.4. The number of ketones is 1. The fourth-order valence-electron chi connectivity index (χ4n) is 2.04. The number of hydrogen-bond acceptors (Lipinski definition) is 4. The first-order valence-electron chi connectivity index (χ1n) is 6.49. The number of aromatic nitrogens is 2. The van der Waals surface area contributed by atoms with Crippen LogP contribution in [0.15, 0.2) is 24.4 Å². The lowest BCUT2D eigenvalue weighted by Crippen LogP contribution is -2.14. The second kappa shape index (κ2) is 5.95. The van der Waals surface area contributed by atoms with E-state index in [9.17, 15) is 9.18 Å². The van der Waals surface area contributed by atoms with Crippen LogP contribution < -0.4 is 9.47 Å². The molecule has 1 aromatic carbocycles. The van der Waals surface area contributed by atoms with E-state index in [1.807, 2.05) is 13.8 Å². The molecule has 0 unspecified atom stereocenters. The number of carbonyl (C=O) groups is 1. The van der Waals surface area contributed by atoms with Crippen LogP contribution in [0.25, 0.3) is 0 Å². The fourth-order valence-corrected chi connectivity index (χ4v) is 2.04. The third-order valence-corrected chi connectivity index (χ3v) is 3.10. The molecule has 21 heavy (non-hydrogen) atoms. The van der Waals surface area contributed by atoms with Crippen molar-refractivity contribution in [2.75, 3.05) is 14.2 Å². The summed E-state index contributed by atoms with van der Waals surface area (Å²) < 4.78 is 25.1. The number of hydrogen-bond donors (Lipinski definition) is 0. The van der Waals surface area contributed by atoms with Crippen molar-refractivity contribution in [3.05, 3.63) is 41.5 Å². The van der Waals surface area contributed by atoms with E-state index in [0.29, 0.717) is 17.0 Å². The molecular weight excluding hydrogens is 275 g/mol. The van der Waals surface area contributed by atoms with Crippen molar-refractivity contribution in [2.24, 2.45) is 0 Å². The standard InChI is InChI=1S/C15H17FN2O3/c1-9(2)18-14(13(21-4)8-17-18)15(19)10-5-6-11(16)12(7-10)20-3/h5-9H,1-4H3. The van der Waals surface area contributed by atoms with Crippen LogP contribution in [0.5, 0.6) is 11.5 Å². The lowest BCUT2D eigenvalue weighted by atomic mass is 10.1. The van der Waals surface area contributed by atoms with Crippen LogP contribution in [0.4, 0.5) is 4.39 Å². The molecule has 2 rings (SSSR count). The highest BCUT2D eigenvalue weighted by Gasteiger charge is 2.23. The van der Waals surface area contributed by atoms with Gasteiger partial charge < -0.3 is 9.47 Å². The van der Waals surface area contributed by atoms with Gasteiger partial charge in [0.05, 0.1) is 20.4 Å². The maximum absolute atomic E-state index is 13.5. The van der Waals surface area contributed by atoms with Gasteiger partial charge in [0, 0.05) is 11.6 Å². The summed E-state index contributed by atoms with van der Waals surface area (Å²) in [4.78, 5) is 12.7. The molecule has 0 fully saturated rings. The molecule has 1 heterocycles. The maximum atomic E-state index is 13.5. The van der Waals surface area contributed by atoms with Crippen LogP contribution in [0.3, 0.4) is 0 Å². The molecule has 0 aliphatic heterocycles. The zero-order valence-electron chi connectivity index (χ0n) is 12.4. The molecule has 0 saturated heterocycles. The van der Waals surface area contributed by atoms with Gasteiger partial charge in [-0.05, 0) is 32.0 Å². The Morgan fingerprint density at radius 2 is 1.90 bits per heavy atom. The Balaban J connectivity index is 2.51. The molecule has 0 aliphatic rings. The van der Waals surface area contributed by atoms with Gasteiger partial charge in [-0.3, -0.25) is 9.48 Å². The van der Waals surface area contributed by atoms with Gasteiger partial charge in [-0.25, -0.2) is 4.39 Å². The van der Waals surface area contributed by atoms with Gasteiger partial charge in [-0.2, -0.15) is 5.10 Å². The van der Waals surface area contributed by atoms with E-state index in [0.717, 1.165) is 0 Å². The topological polar surface area (TPSA) is 53.4 Å². The van der Waals surface area contributed by atoms with Crippen LogP contribution in [0.2, 0.25) is 0 Å². The average Bonchev–Trinajstić information content (AvgIpc) is 2.91. The maximum Gasteiger partial charge on any atom is 0.214 e. The zero-order chi connectivity index (χ0) is 15.6. The lowest BCUT2D eigenvalue weighted by Gasteiger charge is -2.12. The summed E-state index contributed by atoms with van der Waals surface area (Å²) in [7, 11) is 2.83. The number of nitrogens with zero attached hydrogens (tertiary/aromatic N) is 2. The van der Waals surface area contributed by atoms with Crippen LogP contribution in [-0.4, -0.2) is 29.8 Å². The number of ether oxygens (including phenoxy) is 2. The van der Waals surface area contributed by atoms with Crippen LogP contribution in [0.1, 0.15) is 35.9 Å². The summed E-state index contributed by atoms with van der Waals surface area (Å²) in [5.74, 6) is -0.401. The van der Waals surface area contributed by atoms with Gasteiger partial charge >= 0.3 is 0 Å². The highest BCUT2D eigenvalue weighted by molar-refractivity contribution is 6.09. The van der Waals surface area contributed by atoms with Gasteiger partial charge in [0.2, 0.25) is 5.78 Å². The highest BCUT2D eigenvalue weighted by atomic mass is 19.1. The number of rotatable bonds is 5. The smallest absolute Gasteiger partial charge is 0.214 e. The first-order chi connectivity index (χ1) is 9.99. The molecule has 2 aromatic rings. The van der Waals surface area contributed by atoms with E-state index < -0.39 is 5.82 Å². The van der Waals surface area contributed by atoms with Crippen LogP contribution in [-0.2, 0) is 0 Å². The molecule has 112 valence electrons. The Morgan fingerprint density at radius 3 is 2.48 bits per heavy atom. The summed E-state index contributed by atoms with van der Waals surface area (Å²) in [5, 5.41) is 4.16. The molecule has 0 spiro atoms. The first kappa shape index (κ1) is 15.0. The molecule has 0 amide bonds. The van der Waals surface area contributed by atoms with E-state index in [1.54, 1.807) is 4.68 Å². The van der Waals surface area contributed by atoms with Gasteiger partial charge in [0.15, 0.2) is 23.0 Å². The van der Waals surface area contributed by atoms with E-state index in [2.05, 4.69) is 5.10 Å². The highest BCUT2D eigenvalue weighted by Crippen LogP contribution is 2.26. The number of benzene rings is 1. The second-order valence-corrected chi connectivity index (χ2v) is 4.78. The Morgan fingerprint density at radius 1 is 1.24 bits per heavy atom. The quantitative estimate of drug-likeness (QED) is 0.795. The van der Waals surface area contributed by atoms with Crippen molar-refractivity contribution in [3.63, 3.8) is 0 Å². The summed E-state index contributed by atoms with van der Waals surface area (Å²) in [6.45, 7) is 3.82. The summed E-state index contributed by atoms with van der Waals surface area (Å²) in [6.07, 6.45) is 1.49. The SMILES string of the molecule is COc1cc(C(=O)c2c(OC)cnn2C(C)C)ccc1F. The molecule has 0 atom stereocenters. The van der Waals surface area contributed by atoms with Gasteiger partial charge in [-0.15, -0.1) is 0 Å². The minimum Gasteiger partial charge on any atom is -0.494 e. The Labute approximate surface area is 122 Å². The minimum atomic E-state index is -0.515. The van der Waals surface area contributed by atoms with Gasteiger partial charge in [-0.1, -0.05) is 0 Å². The van der Waals surface area contributed by atoms with Crippen molar-refractivity contribution in [3.8, 4) is 11.5 Å². The number of carbonyl (C=O) groups excluding carboxylic acids is 1. The van der Waals surface area contributed by atoms with Crippen molar-refractivity contribution in [1.29, 1.82) is 0 Å². The first-order valence-corrected chi connectivity index (χ1v) is 6.49. The summed E-state index contributed by atoms with van der Waals surface area (Å²) >= 11 is 0. The lowest BCUT2D eigenvalue weighted by molar-refractivity contribution is 0.102. The molecule has 0 radical (unpaired) electrons. The predicted octanol–water partition coefficient (Wildman–Crippen LogP) is 2.85. The van der Waals surface area contributed by atoms with Crippen molar-refractivity contribution in [2.45, 2.75) is 19.9 Å². The molecule has 6 heteroatoms. The molecular formula is C15H17FN2O3. The Kier molecular flexibility index (Phi) is 4.26. The van der Waals surface area contributed by atoms with E-state index >= 15 is 0 Å². The molecule has 1 aromatic heterocycles.